The number of fused-ring (bicyclic) bond motifs is 1. The number of carbonyl (C=O) groups excluding carboxylic acids is 1. The summed E-state index contributed by atoms with van der Waals surface area (Å²) in [4.78, 5) is 18.2. The molecule has 0 saturated carbocycles. The predicted molar refractivity (Wildman–Crippen MR) is 126 cm³/mol. The molecule has 3 aromatic heterocycles. The van der Waals surface area contributed by atoms with Crippen LogP contribution >= 0.6 is 22.7 Å². The van der Waals surface area contributed by atoms with Crippen LogP contribution in [0.15, 0.2) is 4.52 Å². The lowest BCUT2D eigenvalue weighted by Crippen LogP contribution is -2.30. The van der Waals surface area contributed by atoms with Crippen LogP contribution in [0.3, 0.4) is 0 Å². The molecular weight excluding hydrogens is 487 g/mol. The maximum Gasteiger partial charge on any atom is 0.425 e. The lowest BCUT2D eigenvalue weighted by molar-refractivity contribution is -0.135. The minimum absolute atomic E-state index is 0.155. The molecule has 0 aromatic carbocycles. The van der Waals surface area contributed by atoms with Crippen LogP contribution in [0, 0.1) is 13.8 Å². The van der Waals surface area contributed by atoms with E-state index in [4.69, 9.17) is 4.52 Å². The molecule has 3 N–H and O–H groups in total. The van der Waals surface area contributed by atoms with Crippen molar-refractivity contribution in [1.29, 1.82) is 0 Å². The highest BCUT2D eigenvalue weighted by Gasteiger charge is 2.38. The van der Waals surface area contributed by atoms with Crippen molar-refractivity contribution in [3.63, 3.8) is 0 Å². The number of unbranched alkanes of at least 4 members (excludes halogenated alkanes) is 1. The molecule has 0 bridgehead atoms. The molecule has 0 spiro atoms. The Morgan fingerprint density at radius 3 is 2.74 bits per heavy atom. The van der Waals surface area contributed by atoms with Gasteiger partial charge in [0.1, 0.15) is 9.88 Å². The zero-order valence-electron chi connectivity index (χ0n) is 19.1. The first-order valence-corrected chi connectivity index (χ1v) is 12.7. The zero-order valence-corrected chi connectivity index (χ0v) is 20.7. The van der Waals surface area contributed by atoms with Crippen LogP contribution in [0.5, 0.6) is 0 Å². The summed E-state index contributed by atoms with van der Waals surface area (Å²) in [5.41, 5.74) is 2.45. The largest absolute Gasteiger partial charge is 0.425 e. The SMILES string of the molecule is CCCCc1sc(NC(=O)NCc2c(C(F)(F)F)sc3c2CCNC3)c(-c2nc(C)no2)c1C. The van der Waals surface area contributed by atoms with E-state index in [1.54, 1.807) is 6.92 Å². The highest BCUT2D eigenvalue weighted by molar-refractivity contribution is 7.17. The number of hydrogen-bond acceptors (Lipinski definition) is 7. The minimum atomic E-state index is -4.46. The molecule has 12 heteroatoms. The number of aryl methyl sites for hydroxylation is 2. The fourth-order valence-corrected chi connectivity index (χ4v) is 6.45. The van der Waals surface area contributed by atoms with Crippen molar-refractivity contribution in [3.8, 4) is 11.5 Å². The van der Waals surface area contributed by atoms with Gasteiger partial charge in [-0.3, -0.25) is 5.32 Å². The first-order chi connectivity index (χ1) is 16.2. The fraction of sp³-hybridized carbons (Fsp3) is 0.500. The summed E-state index contributed by atoms with van der Waals surface area (Å²) in [6, 6.07) is -0.581. The number of alkyl halides is 3. The molecule has 0 unspecified atom stereocenters. The summed E-state index contributed by atoms with van der Waals surface area (Å²) in [6.07, 6.45) is -1.09. The lowest BCUT2D eigenvalue weighted by atomic mass is 10.0. The fourth-order valence-electron chi connectivity index (χ4n) is 4.01. The number of rotatable bonds is 7. The van der Waals surface area contributed by atoms with Gasteiger partial charge in [-0.1, -0.05) is 18.5 Å². The second-order valence-corrected chi connectivity index (χ2v) is 10.4. The third-order valence-electron chi connectivity index (χ3n) is 5.69. The van der Waals surface area contributed by atoms with Gasteiger partial charge in [0.2, 0.25) is 0 Å². The van der Waals surface area contributed by atoms with Gasteiger partial charge >= 0.3 is 12.2 Å². The predicted octanol–water partition coefficient (Wildman–Crippen LogP) is 5.81. The van der Waals surface area contributed by atoms with E-state index in [1.165, 1.54) is 11.3 Å². The molecule has 0 fully saturated rings. The van der Waals surface area contributed by atoms with Crippen molar-refractivity contribution in [2.24, 2.45) is 0 Å². The molecule has 184 valence electrons. The average molecular weight is 514 g/mol. The second kappa shape index (κ2) is 10.0. The molecule has 2 amide bonds. The van der Waals surface area contributed by atoms with E-state index in [0.717, 1.165) is 41.0 Å². The topological polar surface area (TPSA) is 92.1 Å². The van der Waals surface area contributed by atoms with Gasteiger partial charge in [-0.2, -0.15) is 18.2 Å². The number of urea groups is 1. The van der Waals surface area contributed by atoms with Gasteiger partial charge in [0.05, 0.1) is 5.56 Å². The number of carbonyl (C=O) groups is 1. The Balaban J connectivity index is 1.56. The summed E-state index contributed by atoms with van der Waals surface area (Å²) in [5.74, 6) is 0.783. The maximum atomic E-state index is 13.6. The second-order valence-electron chi connectivity index (χ2n) is 8.15. The number of hydrogen-bond donors (Lipinski definition) is 3. The highest BCUT2D eigenvalue weighted by atomic mass is 32.1. The molecule has 0 aliphatic carbocycles. The first-order valence-electron chi connectivity index (χ1n) is 11.1. The monoisotopic (exact) mass is 513 g/mol. The van der Waals surface area contributed by atoms with Crippen molar-refractivity contribution in [1.82, 2.24) is 20.8 Å². The van der Waals surface area contributed by atoms with E-state index in [9.17, 15) is 18.0 Å². The smallest absolute Gasteiger partial charge is 0.334 e. The van der Waals surface area contributed by atoms with Crippen LogP contribution in [0.2, 0.25) is 0 Å². The van der Waals surface area contributed by atoms with Crippen molar-refractivity contribution in [3.05, 3.63) is 37.1 Å². The molecule has 34 heavy (non-hydrogen) atoms. The molecule has 4 rings (SSSR count). The van der Waals surface area contributed by atoms with Gasteiger partial charge in [-0.05, 0) is 56.3 Å². The van der Waals surface area contributed by atoms with Crippen LogP contribution < -0.4 is 16.0 Å². The van der Waals surface area contributed by atoms with Crippen molar-refractivity contribution < 1.29 is 22.5 Å². The molecule has 0 saturated heterocycles. The van der Waals surface area contributed by atoms with E-state index in [0.29, 0.717) is 52.2 Å². The third-order valence-corrected chi connectivity index (χ3v) is 8.28. The molecule has 7 nitrogen and oxygen atoms in total. The molecular formula is C22H26F3N5O2S2. The molecule has 4 heterocycles. The Morgan fingerprint density at radius 1 is 1.26 bits per heavy atom. The van der Waals surface area contributed by atoms with E-state index in [2.05, 4.69) is 33.0 Å². The van der Waals surface area contributed by atoms with Crippen LogP contribution in [0.4, 0.5) is 23.0 Å². The Bertz CT molecular complexity index is 1180. The van der Waals surface area contributed by atoms with Gasteiger partial charge < -0.3 is 15.2 Å². The number of halogens is 3. The zero-order chi connectivity index (χ0) is 24.5. The molecule has 0 atom stereocenters. The number of nitrogens with zero attached hydrogens (tertiary/aromatic N) is 2. The molecule has 0 radical (unpaired) electrons. The van der Waals surface area contributed by atoms with Gasteiger partial charge in [-0.25, -0.2) is 4.79 Å². The third kappa shape index (κ3) is 5.13. The van der Waals surface area contributed by atoms with Gasteiger partial charge in [0.25, 0.3) is 5.89 Å². The van der Waals surface area contributed by atoms with E-state index in [1.807, 2.05) is 6.92 Å². The normalized spacial score (nSPS) is 13.7. The van der Waals surface area contributed by atoms with Crippen LogP contribution in [-0.2, 0) is 32.1 Å². The lowest BCUT2D eigenvalue weighted by Gasteiger charge is -2.15. The van der Waals surface area contributed by atoms with E-state index >= 15 is 0 Å². The van der Waals surface area contributed by atoms with Crippen molar-refractivity contribution in [2.45, 2.75) is 65.7 Å². The summed E-state index contributed by atoms with van der Waals surface area (Å²) in [5, 5.41) is 12.9. The number of amides is 2. The molecule has 1 aliphatic heterocycles. The number of nitrogens with one attached hydrogen (secondary N) is 3. The van der Waals surface area contributed by atoms with Crippen LogP contribution in [0.25, 0.3) is 11.5 Å². The van der Waals surface area contributed by atoms with Crippen molar-refractivity contribution >= 4 is 33.7 Å². The van der Waals surface area contributed by atoms with Gasteiger partial charge in [0, 0.05) is 22.8 Å². The summed E-state index contributed by atoms with van der Waals surface area (Å²) < 4.78 is 46.3. The van der Waals surface area contributed by atoms with E-state index < -0.39 is 17.1 Å². The van der Waals surface area contributed by atoms with Crippen LogP contribution in [-0.4, -0.2) is 22.7 Å². The summed E-state index contributed by atoms with van der Waals surface area (Å²) in [7, 11) is 0. The Labute approximate surface area is 203 Å². The highest BCUT2D eigenvalue weighted by Crippen LogP contribution is 2.42. The maximum absolute atomic E-state index is 13.6. The van der Waals surface area contributed by atoms with Crippen molar-refractivity contribution in [2.75, 3.05) is 11.9 Å². The Hall–Kier alpha value is -2.44. The molecule has 1 aliphatic rings. The minimum Gasteiger partial charge on any atom is -0.334 e. The number of thiophene rings is 2. The number of aromatic nitrogens is 2. The summed E-state index contributed by atoms with van der Waals surface area (Å²) >= 11 is 2.18. The van der Waals surface area contributed by atoms with Gasteiger partial charge in [0.15, 0.2) is 5.82 Å². The standard InChI is InChI=1S/C22H26F3N5O2S2/c1-4-5-6-15-11(2)17(19-28-12(3)30-32-19)20(34-15)29-21(31)27-9-14-13-7-8-26-10-16(13)33-18(14)22(23,24)25/h26H,4-10H2,1-3H3,(H2,27,29,31). The summed E-state index contributed by atoms with van der Waals surface area (Å²) in [6.45, 7) is 6.59. The first kappa shape index (κ1) is 24.7. The molecule has 3 aromatic rings. The quantitative estimate of drug-likeness (QED) is 0.371. The Morgan fingerprint density at radius 2 is 2.06 bits per heavy atom. The average Bonchev–Trinajstić information content (AvgIpc) is 3.46. The van der Waals surface area contributed by atoms with Crippen LogP contribution in [0.1, 0.15) is 56.9 Å². The van der Waals surface area contributed by atoms with Gasteiger partial charge in [-0.15, -0.1) is 22.7 Å². The van der Waals surface area contributed by atoms with E-state index in [-0.39, 0.29) is 12.1 Å². The Kier molecular flexibility index (Phi) is 7.29. The number of anilines is 1.